The van der Waals surface area contributed by atoms with Crippen molar-refractivity contribution < 1.29 is 4.79 Å². The van der Waals surface area contributed by atoms with Gasteiger partial charge in [0.1, 0.15) is 11.9 Å². The van der Waals surface area contributed by atoms with Crippen LogP contribution in [-0.2, 0) is 4.79 Å². The zero-order valence-electron chi connectivity index (χ0n) is 11.7. The van der Waals surface area contributed by atoms with E-state index in [9.17, 15) is 4.79 Å². The minimum Gasteiger partial charge on any atom is -0.363 e. The number of carbonyl (C=O) groups excluding carboxylic acids is 1. The van der Waals surface area contributed by atoms with Crippen LogP contribution in [0.15, 0.2) is 6.07 Å². The van der Waals surface area contributed by atoms with Gasteiger partial charge in [0.25, 0.3) is 0 Å². The third kappa shape index (κ3) is 3.56. The summed E-state index contributed by atoms with van der Waals surface area (Å²) in [7, 11) is 3.87. The summed E-state index contributed by atoms with van der Waals surface area (Å²) in [5, 5.41) is 6.05. The standard InChI is InChI=1S/C13H21N5O/c1-9-8-11(18(2)3)17-13(15-9)16-10-6-4-5-7-14-12(10)19/h8,10H,4-7H2,1-3H3,(H,14,19)(H,15,16,17)/t10-/m1/s1. The number of aromatic nitrogens is 2. The number of nitrogens with one attached hydrogen (secondary N) is 2. The molecule has 0 radical (unpaired) electrons. The molecule has 6 nitrogen and oxygen atoms in total. The summed E-state index contributed by atoms with van der Waals surface area (Å²) in [6, 6.07) is 1.68. The van der Waals surface area contributed by atoms with Crippen LogP contribution >= 0.6 is 0 Å². The van der Waals surface area contributed by atoms with E-state index in [0.29, 0.717) is 5.95 Å². The maximum Gasteiger partial charge on any atom is 0.242 e. The van der Waals surface area contributed by atoms with Gasteiger partial charge in [0.2, 0.25) is 11.9 Å². The highest BCUT2D eigenvalue weighted by Gasteiger charge is 2.21. The van der Waals surface area contributed by atoms with Crippen molar-refractivity contribution in [2.24, 2.45) is 0 Å². The van der Waals surface area contributed by atoms with E-state index in [2.05, 4.69) is 20.6 Å². The van der Waals surface area contributed by atoms with E-state index < -0.39 is 0 Å². The summed E-state index contributed by atoms with van der Waals surface area (Å²) in [6.45, 7) is 2.68. The third-order valence-electron chi connectivity index (χ3n) is 3.14. The van der Waals surface area contributed by atoms with Crippen molar-refractivity contribution >= 4 is 17.7 Å². The number of nitrogens with zero attached hydrogens (tertiary/aromatic N) is 3. The lowest BCUT2D eigenvalue weighted by Crippen LogP contribution is -2.38. The molecule has 1 amide bonds. The molecule has 1 aromatic heterocycles. The Morgan fingerprint density at radius 2 is 2.16 bits per heavy atom. The number of hydrogen-bond donors (Lipinski definition) is 2. The molecule has 1 aromatic rings. The number of hydrogen-bond acceptors (Lipinski definition) is 5. The van der Waals surface area contributed by atoms with Crippen LogP contribution < -0.4 is 15.5 Å². The van der Waals surface area contributed by atoms with Crippen molar-refractivity contribution in [2.45, 2.75) is 32.2 Å². The number of rotatable bonds is 3. The molecule has 0 bridgehead atoms. The molecule has 0 aromatic carbocycles. The molecule has 1 aliphatic rings. The molecule has 0 saturated carbocycles. The fraction of sp³-hybridized carbons (Fsp3) is 0.615. The molecule has 1 atom stereocenters. The minimum atomic E-state index is -0.237. The quantitative estimate of drug-likeness (QED) is 0.849. The predicted molar refractivity (Wildman–Crippen MR) is 75.4 cm³/mol. The van der Waals surface area contributed by atoms with Crippen molar-refractivity contribution in [3.8, 4) is 0 Å². The van der Waals surface area contributed by atoms with Crippen LogP contribution in [-0.4, -0.2) is 42.6 Å². The molecule has 2 N–H and O–H groups in total. The van der Waals surface area contributed by atoms with Crippen LogP contribution in [0.2, 0.25) is 0 Å². The van der Waals surface area contributed by atoms with Gasteiger partial charge in [0.15, 0.2) is 0 Å². The molecule has 1 fully saturated rings. The fourth-order valence-corrected chi connectivity index (χ4v) is 2.08. The van der Waals surface area contributed by atoms with E-state index in [-0.39, 0.29) is 11.9 Å². The topological polar surface area (TPSA) is 70.2 Å². The second-order valence-corrected chi connectivity index (χ2v) is 5.07. The highest BCUT2D eigenvalue weighted by atomic mass is 16.2. The highest BCUT2D eigenvalue weighted by Crippen LogP contribution is 2.15. The molecule has 1 aliphatic heterocycles. The summed E-state index contributed by atoms with van der Waals surface area (Å²) in [4.78, 5) is 22.6. The Morgan fingerprint density at radius 3 is 2.89 bits per heavy atom. The summed E-state index contributed by atoms with van der Waals surface area (Å²) >= 11 is 0. The van der Waals surface area contributed by atoms with Crippen LogP contribution in [0.25, 0.3) is 0 Å². The Balaban J connectivity index is 2.15. The molecule has 0 spiro atoms. The molecule has 0 aliphatic carbocycles. The van der Waals surface area contributed by atoms with Crippen molar-refractivity contribution in [1.29, 1.82) is 0 Å². The monoisotopic (exact) mass is 263 g/mol. The van der Waals surface area contributed by atoms with E-state index in [4.69, 9.17) is 0 Å². The van der Waals surface area contributed by atoms with Gasteiger partial charge in [-0.05, 0) is 26.2 Å². The van der Waals surface area contributed by atoms with E-state index in [1.165, 1.54) is 0 Å². The Kier molecular flexibility index (Phi) is 4.19. The van der Waals surface area contributed by atoms with Gasteiger partial charge in [-0.15, -0.1) is 0 Å². The number of carbonyl (C=O) groups is 1. The molecular formula is C13H21N5O. The lowest BCUT2D eigenvalue weighted by molar-refractivity contribution is -0.121. The van der Waals surface area contributed by atoms with Crippen LogP contribution in [0.3, 0.4) is 0 Å². The number of amides is 1. The first-order valence-electron chi connectivity index (χ1n) is 6.63. The molecule has 104 valence electrons. The van der Waals surface area contributed by atoms with E-state index in [1.54, 1.807) is 0 Å². The number of aryl methyl sites for hydroxylation is 1. The molecule has 19 heavy (non-hydrogen) atoms. The normalized spacial score (nSPS) is 19.5. The molecule has 1 saturated heterocycles. The van der Waals surface area contributed by atoms with Crippen molar-refractivity contribution in [3.05, 3.63) is 11.8 Å². The van der Waals surface area contributed by atoms with Gasteiger partial charge < -0.3 is 15.5 Å². The van der Waals surface area contributed by atoms with E-state index in [0.717, 1.165) is 37.3 Å². The molecule has 0 unspecified atom stereocenters. The van der Waals surface area contributed by atoms with Gasteiger partial charge >= 0.3 is 0 Å². The average molecular weight is 263 g/mol. The first kappa shape index (κ1) is 13.6. The van der Waals surface area contributed by atoms with Gasteiger partial charge in [-0.25, -0.2) is 4.98 Å². The zero-order chi connectivity index (χ0) is 13.8. The SMILES string of the molecule is Cc1cc(N(C)C)nc(N[C@@H]2CCCCNC2=O)n1. The van der Waals surface area contributed by atoms with Crippen molar-refractivity contribution in [1.82, 2.24) is 15.3 Å². The van der Waals surface area contributed by atoms with Crippen LogP contribution in [0.4, 0.5) is 11.8 Å². The summed E-state index contributed by atoms with van der Waals surface area (Å²) in [5.74, 6) is 1.39. The van der Waals surface area contributed by atoms with Crippen molar-refractivity contribution in [3.63, 3.8) is 0 Å². The summed E-state index contributed by atoms with van der Waals surface area (Å²) in [5.41, 5.74) is 0.884. The first-order chi connectivity index (χ1) is 9.06. The molecular weight excluding hydrogens is 242 g/mol. The van der Waals surface area contributed by atoms with E-state index >= 15 is 0 Å². The lowest BCUT2D eigenvalue weighted by Gasteiger charge is -2.17. The largest absolute Gasteiger partial charge is 0.363 e. The van der Waals surface area contributed by atoms with Gasteiger partial charge in [0, 0.05) is 32.4 Å². The molecule has 2 rings (SSSR count). The average Bonchev–Trinajstić information content (AvgIpc) is 2.54. The summed E-state index contributed by atoms with van der Waals surface area (Å²) in [6.07, 6.45) is 2.88. The number of anilines is 2. The lowest BCUT2D eigenvalue weighted by atomic mass is 10.1. The molecule has 6 heteroatoms. The van der Waals surface area contributed by atoms with Crippen LogP contribution in [0.5, 0.6) is 0 Å². The first-order valence-corrected chi connectivity index (χ1v) is 6.63. The second-order valence-electron chi connectivity index (χ2n) is 5.07. The van der Waals surface area contributed by atoms with Gasteiger partial charge in [-0.3, -0.25) is 4.79 Å². The van der Waals surface area contributed by atoms with E-state index in [1.807, 2.05) is 32.0 Å². The van der Waals surface area contributed by atoms with Crippen molar-refractivity contribution in [2.75, 3.05) is 30.9 Å². The summed E-state index contributed by atoms with van der Waals surface area (Å²) < 4.78 is 0. The van der Waals surface area contributed by atoms with Crippen LogP contribution in [0, 0.1) is 6.92 Å². The third-order valence-corrected chi connectivity index (χ3v) is 3.14. The second kappa shape index (κ2) is 5.86. The Morgan fingerprint density at radius 1 is 1.37 bits per heavy atom. The minimum absolute atomic E-state index is 0.0361. The molecule has 2 heterocycles. The van der Waals surface area contributed by atoms with Gasteiger partial charge in [-0.1, -0.05) is 0 Å². The van der Waals surface area contributed by atoms with Crippen LogP contribution in [0.1, 0.15) is 25.0 Å². The maximum absolute atomic E-state index is 11.9. The fourth-order valence-electron chi connectivity index (χ4n) is 2.08. The van der Waals surface area contributed by atoms with Gasteiger partial charge in [-0.2, -0.15) is 4.98 Å². The zero-order valence-corrected chi connectivity index (χ0v) is 11.7. The van der Waals surface area contributed by atoms with Gasteiger partial charge in [0.05, 0.1) is 0 Å². The Bertz CT molecular complexity index is 460. The smallest absolute Gasteiger partial charge is 0.242 e. The maximum atomic E-state index is 11.9. The highest BCUT2D eigenvalue weighted by molar-refractivity contribution is 5.84. The Labute approximate surface area is 113 Å². The predicted octanol–water partition coefficient (Wildman–Crippen LogP) is 0.932. The Hall–Kier alpha value is -1.85.